The van der Waals surface area contributed by atoms with Crippen LogP contribution in [0.1, 0.15) is 76.3 Å². The molecule has 6 heteroatoms. The van der Waals surface area contributed by atoms with E-state index < -0.39 is 0 Å². The molecule has 0 N–H and O–H groups in total. The molecule has 0 aliphatic heterocycles. The molecule has 71 heavy (non-hydrogen) atoms. The second-order valence-corrected chi connectivity index (χ2v) is 22.1. The number of hydrogen-bond donors (Lipinski definition) is 0. The van der Waals surface area contributed by atoms with E-state index in [4.69, 9.17) is 9.72 Å². The maximum atomic E-state index is 6.96. The third-order valence-electron chi connectivity index (χ3n) is 14.5. The summed E-state index contributed by atoms with van der Waals surface area (Å²) in [5.74, 6) is 2.50. The summed E-state index contributed by atoms with van der Waals surface area (Å²) < 4.78 is 15.5. The third kappa shape index (κ3) is 8.01. The van der Waals surface area contributed by atoms with Gasteiger partial charge >= 0.3 is 315 Å². The fraction of sp³-hybridized carbons (Fsp3) is 0.169. The summed E-state index contributed by atoms with van der Waals surface area (Å²) in [7, 11) is 0. The first kappa shape index (κ1) is 44.8. The van der Waals surface area contributed by atoms with E-state index in [-0.39, 0.29) is 16.9 Å². The smallest absolute Gasteiger partial charge is 0.0149 e. The predicted octanol–water partition coefficient (Wildman–Crippen LogP) is 16.9. The molecule has 0 saturated carbocycles. The minimum Gasteiger partial charge on any atom is -0.0149 e. The number of benzene rings is 8. The van der Waals surface area contributed by atoms with Gasteiger partial charge in [0.2, 0.25) is 0 Å². The van der Waals surface area contributed by atoms with Crippen LogP contribution in [0.2, 0.25) is 0 Å². The summed E-state index contributed by atoms with van der Waals surface area (Å²) in [6, 6.07) is 70.8. The standard InChI is InChI=1S/C65H56N4O.Pt/c1-64(2,3)48-34-35-66-62(39-48)69-58-33-28-47(43-18-10-7-11-19-43)36-56(58)52-31-30-51(41-61(52)69)70-50-29-26-46-27-32-57(53(46)40-50)67-42-68(60-25-17-16-24-59(60)67)63-54(44-20-12-8-13-21-44)37-49(65(4,5)6)38-55(63)45-22-14-9-15-23-45;/h7-26,28-31,33-41,57H,27,32H2,1-6H3;. The number of pyridine rings is 1. The Morgan fingerprint density at radius 3 is 1.76 bits per heavy atom. The maximum absolute atomic E-state index is 6.96. The molecule has 1 aliphatic rings. The van der Waals surface area contributed by atoms with Crippen LogP contribution in [-0.2, 0) is 36.6 Å². The predicted molar refractivity (Wildman–Crippen MR) is 290 cm³/mol. The second kappa shape index (κ2) is 17.5. The Kier molecular flexibility index (Phi) is 11.1. The van der Waals surface area contributed by atoms with Gasteiger partial charge in [-0.2, -0.15) is 0 Å². The first-order valence-corrected chi connectivity index (χ1v) is 25.9. The van der Waals surface area contributed by atoms with E-state index in [1.54, 1.807) is 0 Å². The van der Waals surface area contributed by atoms with Crippen molar-refractivity contribution in [2.45, 2.75) is 71.3 Å². The summed E-state index contributed by atoms with van der Waals surface area (Å²) in [6.45, 7) is 13.7. The SMILES string of the molecule is CC(C)(C)c1ccnc(-n2c3ccc(-c4ccccc4)cc3c3ccc(Oc4ccc5c(c4)C(n4[c](=[Pt])n(-c6c(-c7ccccc7)cc(C(C)(C)C)cc6-c6ccccc6)c6ccccc64)CC5)cc32)c1. The van der Waals surface area contributed by atoms with Crippen molar-refractivity contribution in [1.82, 2.24) is 18.7 Å². The van der Waals surface area contributed by atoms with Crippen LogP contribution in [0.4, 0.5) is 0 Å². The summed E-state index contributed by atoms with van der Waals surface area (Å²) in [5, 5.41) is 2.34. The van der Waals surface area contributed by atoms with E-state index in [9.17, 15) is 0 Å². The van der Waals surface area contributed by atoms with Crippen LogP contribution < -0.4 is 4.74 Å². The van der Waals surface area contributed by atoms with E-state index in [2.05, 4.69) is 269 Å². The van der Waals surface area contributed by atoms with Gasteiger partial charge in [0.25, 0.3) is 0 Å². The van der Waals surface area contributed by atoms with Crippen molar-refractivity contribution < 1.29 is 24.1 Å². The zero-order chi connectivity index (χ0) is 48.6. The van der Waals surface area contributed by atoms with Gasteiger partial charge in [0, 0.05) is 6.20 Å². The van der Waals surface area contributed by atoms with Crippen molar-refractivity contribution >= 4 is 32.8 Å². The van der Waals surface area contributed by atoms with Gasteiger partial charge < -0.3 is 0 Å². The molecule has 5 nitrogen and oxygen atoms in total. The number of rotatable bonds is 8. The number of nitrogens with zero attached hydrogens (tertiary/aromatic N) is 4. The molecule has 0 spiro atoms. The van der Waals surface area contributed by atoms with E-state index in [0.29, 0.717) is 0 Å². The molecule has 0 fully saturated rings. The number of aryl methyl sites for hydroxylation is 1. The van der Waals surface area contributed by atoms with Crippen LogP contribution in [0.25, 0.3) is 77.7 Å². The fourth-order valence-electron chi connectivity index (χ4n) is 10.8. The zero-order valence-corrected chi connectivity index (χ0v) is 43.3. The summed E-state index contributed by atoms with van der Waals surface area (Å²) in [4.78, 5) is 4.99. The second-order valence-electron chi connectivity index (χ2n) is 21.1. The monoisotopic (exact) mass is 1100 g/mol. The minimum atomic E-state index is -0.0586. The van der Waals surface area contributed by atoms with Gasteiger partial charge in [0.15, 0.2) is 0 Å². The Bertz CT molecular complexity index is 3830. The van der Waals surface area contributed by atoms with Crippen molar-refractivity contribution in [3.8, 4) is 56.4 Å². The Hall–Kier alpha value is -7.33. The normalized spacial score (nSPS) is 13.9. The van der Waals surface area contributed by atoms with Gasteiger partial charge in [-0.25, -0.2) is 4.98 Å². The molecule has 0 bridgehead atoms. The molecule has 352 valence electrons. The molecule has 1 aliphatic carbocycles. The Balaban J connectivity index is 0.985. The quantitative estimate of drug-likeness (QED) is 0.152. The fourth-order valence-corrected chi connectivity index (χ4v) is 11.9. The molecule has 1 unspecified atom stereocenters. The molecule has 8 aromatic carbocycles. The van der Waals surface area contributed by atoms with Crippen molar-refractivity contribution in [2.24, 2.45) is 0 Å². The molecule has 0 amide bonds. The van der Waals surface area contributed by atoms with Gasteiger partial charge in [-0.15, -0.1) is 0 Å². The molecule has 3 aromatic heterocycles. The maximum Gasteiger partial charge on any atom is -0.0149 e. The van der Waals surface area contributed by atoms with E-state index in [0.717, 1.165) is 50.4 Å². The molecule has 0 saturated heterocycles. The topological polar surface area (TPSA) is 36.9 Å². The Morgan fingerprint density at radius 2 is 1.10 bits per heavy atom. The van der Waals surface area contributed by atoms with Crippen molar-refractivity contribution in [1.29, 1.82) is 0 Å². The summed E-state index contributed by atoms with van der Waals surface area (Å²) >= 11 is 2.61. The average molecular weight is 1100 g/mol. The van der Waals surface area contributed by atoms with Gasteiger partial charge in [0.1, 0.15) is 0 Å². The molecule has 0 radical (unpaired) electrons. The minimum absolute atomic E-state index is 0.0319. The van der Waals surface area contributed by atoms with E-state index in [1.165, 1.54) is 77.7 Å². The number of ether oxygens (including phenoxy) is 1. The number of aromatic nitrogens is 4. The van der Waals surface area contributed by atoms with Gasteiger partial charge in [-0.1, -0.05) is 57.2 Å². The summed E-state index contributed by atoms with van der Waals surface area (Å²) in [5.41, 5.74) is 18.1. The van der Waals surface area contributed by atoms with Crippen molar-refractivity contribution in [2.75, 3.05) is 0 Å². The number of para-hydroxylation sites is 2. The van der Waals surface area contributed by atoms with Gasteiger partial charge in [-0.3, -0.25) is 0 Å². The number of fused-ring (bicyclic) bond motifs is 5. The van der Waals surface area contributed by atoms with Gasteiger partial charge in [0.05, 0.1) is 0 Å². The van der Waals surface area contributed by atoms with Crippen LogP contribution in [-0.4, -0.2) is 18.7 Å². The van der Waals surface area contributed by atoms with Crippen LogP contribution in [0, 0.1) is 3.80 Å². The van der Waals surface area contributed by atoms with Crippen LogP contribution in [0.15, 0.2) is 200 Å². The van der Waals surface area contributed by atoms with Crippen LogP contribution >= 0.6 is 0 Å². The van der Waals surface area contributed by atoms with E-state index >= 15 is 0 Å². The van der Waals surface area contributed by atoms with Crippen molar-refractivity contribution in [3.05, 3.63) is 226 Å². The average Bonchev–Trinajstić information content (AvgIpc) is 4.04. The molecular formula is C65H56N4OPt. The molecular weight excluding hydrogens is 1050 g/mol. The molecule has 12 rings (SSSR count). The number of hydrogen-bond acceptors (Lipinski definition) is 2. The first-order valence-electron chi connectivity index (χ1n) is 24.8. The third-order valence-corrected chi connectivity index (χ3v) is 15.6. The van der Waals surface area contributed by atoms with Gasteiger partial charge in [-0.05, 0) is 46.4 Å². The largest absolute Gasteiger partial charge is 0.0149 e. The van der Waals surface area contributed by atoms with E-state index in [1.807, 2.05) is 6.20 Å². The zero-order valence-electron chi connectivity index (χ0n) is 41.1. The number of imidazole rings is 1. The summed E-state index contributed by atoms with van der Waals surface area (Å²) in [6.07, 6.45) is 3.92. The molecule has 3 heterocycles. The van der Waals surface area contributed by atoms with Crippen LogP contribution in [0.3, 0.4) is 0 Å². The van der Waals surface area contributed by atoms with Crippen molar-refractivity contribution in [3.63, 3.8) is 0 Å². The molecule has 11 aromatic rings. The Morgan fingerprint density at radius 1 is 0.493 bits per heavy atom. The van der Waals surface area contributed by atoms with Crippen LogP contribution in [0.5, 0.6) is 11.5 Å². The first-order chi connectivity index (χ1) is 34.4. The molecule has 1 atom stereocenters. The Labute approximate surface area is 427 Å².